The topological polar surface area (TPSA) is 34.0 Å². The van der Waals surface area contributed by atoms with Gasteiger partial charge in [-0.25, -0.2) is 0 Å². The van der Waals surface area contributed by atoms with E-state index in [0.717, 1.165) is 25.2 Å². The van der Waals surface area contributed by atoms with Crippen molar-refractivity contribution in [1.82, 2.24) is 19.9 Å². The van der Waals surface area contributed by atoms with Gasteiger partial charge in [0, 0.05) is 18.2 Å². The molecule has 0 saturated heterocycles. The summed E-state index contributed by atoms with van der Waals surface area (Å²) in [5.74, 6) is 0. The maximum atomic E-state index is 4.18. The van der Waals surface area contributed by atoms with E-state index >= 15 is 0 Å². The molecule has 0 aliphatic heterocycles. The van der Waals surface area contributed by atoms with Gasteiger partial charge in [0.05, 0.1) is 5.69 Å². The van der Waals surface area contributed by atoms with Crippen LogP contribution >= 0.6 is 0 Å². The van der Waals surface area contributed by atoms with E-state index in [1.54, 1.807) is 0 Å². The third-order valence-corrected chi connectivity index (χ3v) is 2.30. The lowest BCUT2D eigenvalue weighted by atomic mass is 9.93. The van der Waals surface area contributed by atoms with Crippen LogP contribution in [-0.2, 0) is 12.0 Å². The highest BCUT2D eigenvalue weighted by atomic mass is 15.4. The summed E-state index contributed by atoms with van der Waals surface area (Å²) in [7, 11) is 4.17. The molecule has 0 amide bonds. The van der Waals surface area contributed by atoms with E-state index in [-0.39, 0.29) is 5.41 Å². The Morgan fingerprint density at radius 1 is 1.33 bits per heavy atom. The summed E-state index contributed by atoms with van der Waals surface area (Å²) in [6.45, 7) is 8.50. The Kier molecular flexibility index (Phi) is 3.85. The first-order valence-corrected chi connectivity index (χ1v) is 5.45. The van der Waals surface area contributed by atoms with Gasteiger partial charge in [0.15, 0.2) is 0 Å². The normalized spacial score (nSPS) is 12.4. The van der Waals surface area contributed by atoms with Gasteiger partial charge in [-0.15, -0.1) is 5.10 Å². The molecule has 0 bridgehead atoms. The minimum Gasteiger partial charge on any atom is -0.309 e. The van der Waals surface area contributed by atoms with Crippen molar-refractivity contribution in [2.24, 2.45) is 0 Å². The molecule has 86 valence electrons. The van der Waals surface area contributed by atoms with Crippen molar-refractivity contribution in [3.63, 3.8) is 0 Å². The van der Waals surface area contributed by atoms with Gasteiger partial charge >= 0.3 is 0 Å². The summed E-state index contributed by atoms with van der Waals surface area (Å²) in [5.41, 5.74) is 1.16. The molecule has 1 aromatic rings. The molecule has 15 heavy (non-hydrogen) atoms. The molecule has 4 heteroatoms. The number of nitrogens with zero attached hydrogens (tertiary/aromatic N) is 4. The molecule has 0 aliphatic carbocycles. The second-order valence-electron chi connectivity index (χ2n) is 5.27. The zero-order valence-electron chi connectivity index (χ0n) is 10.5. The van der Waals surface area contributed by atoms with Crippen molar-refractivity contribution >= 4 is 0 Å². The van der Waals surface area contributed by atoms with E-state index < -0.39 is 0 Å². The van der Waals surface area contributed by atoms with Crippen LogP contribution in [0, 0.1) is 0 Å². The first-order valence-electron chi connectivity index (χ1n) is 5.45. The predicted octanol–water partition coefficient (Wildman–Crippen LogP) is 1.53. The Morgan fingerprint density at radius 3 is 2.47 bits per heavy atom. The highest BCUT2D eigenvalue weighted by Crippen LogP contribution is 2.18. The zero-order chi connectivity index (χ0) is 11.5. The van der Waals surface area contributed by atoms with Crippen LogP contribution in [0.1, 0.15) is 32.9 Å². The lowest BCUT2D eigenvalue weighted by molar-refractivity contribution is 0.379. The van der Waals surface area contributed by atoms with Gasteiger partial charge in [-0.3, -0.25) is 4.68 Å². The van der Waals surface area contributed by atoms with Gasteiger partial charge in [0.1, 0.15) is 0 Å². The zero-order valence-corrected chi connectivity index (χ0v) is 10.5. The fourth-order valence-corrected chi connectivity index (χ4v) is 1.30. The largest absolute Gasteiger partial charge is 0.309 e. The standard InChI is InChI=1S/C11H22N4/c1-11(2,3)10-9-15(13-12-10)8-6-7-14(4)5/h9H,6-8H2,1-5H3. The van der Waals surface area contributed by atoms with E-state index in [9.17, 15) is 0 Å². The maximum absolute atomic E-state index is 4.18. The van der Waals surface area contributed by atoms with Crippen LogP contribution in [0.2, 0.25) is 0 Å². The fourth-order valence-electron chi connectivity index (χ4n) is 1.30. The highest BCUT2D eigenvalue weighted by Gasteiger charge is 2.17. The molecular weight excluding hydrogens is 188 g/mol. The smallest absolute Gasteiger partial charge is 0.0880 e. The molecule has 1 heterocycles. The summed E-state index contributed by atoms with van der Waals surface area (Å²) in [6, 6.07) is 0. The Labute approximate surface area is 92.3 Å². The summed E-state index contributed by atoms with van der Waals surface area (Å²) < 4.78 is 1.93. The average Bonchev–Trinajstić information content (AvgIpc) is 2.51. The summed E-state index contributed by atoms with van der Waals surface area (Å²) in [4.78, 5) is 2.18. The molecule has 0 atom stereocenters. The van der Waals surface area contributed by atoms with Gasteiger partial charge in [-0.1, -0.05) is 26.0 Å². The van der Waals surface area contributed by atoms with Gasteiger partial charge in [0.2, 0.25) is 0 Å². The number of rotatable bonds is 4. The SMILES string of the molecule is CN(C)CCCn1cc(C(C)(C)C)nn1. The molecule has 0 N–H and O–H groups in total. The second-order valence-corrected chi connectivity index (χ2v) is 5.27. The van der Waals surface area contributed by atoms with E-state index in [0.29, 0.717) is 0 Å². The second kappa shape index (κ2) is 4.75. The van der Waals surface area contributed by atoms with Crippen molar-refractivity contribution in [2.45, 2.75) is 39.2 Å². The maximum Gasteiger partial charge on any atom is 0.0880 e. The summed E-state index contributed by atoms with van der Waals surface area (Å²) in [6.07, 6.45) is 3.16. The monoisotopic (exact) mass is 210 g/mol. The molecule has 0 aliphatic rings. The first-order chi connectivity index (χ1) is 6.89. The highest BCUT2D eigenvalue weighted by molar-refractivity contribution is 5.06. The minimum atomic E-state index is 0.0970. The Balaban J connectivity index is 2.47. The van der Waals surface area contributed by atoms with Crippen molar-refractivity contribution in [2.75, 3.05) is 20.6 Å². The van der Waals surface area contributed by atoms with Gasteiger partial charge in [-0.05, 0) is 27.1 Å². The third kappa shape index (κ3) is 4.00. The Hall–Kier alpha value is -0.900. The van der Waals surface area contributed by atoms with E-state index in [2.05, 4.69) is 56.3 Å². The number of hydrogen-bond donors (Lipinski definition) is 0. The van der Waals surface area contributed by atoms with Crippen molar-refractivity contribution in [1.29, 1.82) is 0 Å². The Morgan fingerprint density at radius 2 is 2.00 bits per heavy atom. The van der Waals surface area contributed by atoms with Crippen LogP contribution in [0.3, 0.4) is 0 Å². The number of hydrogen-bond acceptors (Lipinski definition) is 3. The molecule has 0 aromatic carbocycles. The quantitative estimate of drug-likeness (QED) is 0.755. The Bertz CT molecular complexity index is 296. The van der Waals surface area contributed by atoms with Gasteiger partial charge < -0.3 is 4.90 Å². The van der Waals surface area contributed by atoms with E-state index in [1.807, 2.05) is 4.68 Å². The first kappa shape index (κ1) is 12.2. The van der Waals surface area contributed by atoms with Crippen molar-refractivity contribution in [3.8, 4) is 0 Å². The predicted molar refractivity (Wildman–Crippen MR) is 61.9 cm³/mol. The molecule has 0 spiro atoms. The van der Waals surface area contributed by atoms with E-state index in [4.69, 9.17) is 0 Å². The van der Waals surface area contributed by atoms with Crippen LogP contribution in [0.25, 0.3) is 0 Å². The molecule has 1 aromatic heterocycles. The fraction of sp³-hybridized carbons (Fsp3) is 0.818. The van der Waals surface area contributed by atoms with Crippen molar-refractivity contribution < 1.29 is 0 Å². The lowest BCUT2D eigenvalue weighted by Crippen LogP contribution is -2.15. The number of aryl methyl sites for hydroxylation is 1. The molecule has 0 saturated carbocycles. The molecule has 4 nitrogen and oxygen atoms in total. The van der Waals surface area contributed by atoms with Crippen LogP contribution in [0.4, 0.5) is 0 Å². The molecular formula is C11H22N4. The lowest BCUT2D eigenvalue weighted by Gasteiger charge is -2.13. The van der Waals surface area contributed by atoms with E-state index in [1.165, 1.54) is 0 Å². The van der Waals surface area contributed by atoms with Gasteiger partial charge in [0.25, 0.3) is 0 Å². The molecule has 1 rings (SSSR count). The summed E-state index contributed by atoms with van der Waals surface area (Å²) in [5, 5.41) is 8.31. The third-order valence-electron chi connectivity index (χ3n) is 2.30. The van der Waals surface area contributed by atoms with Crippen LogP contribution in [0.5, 0.6) is 0 Å². The minimum absolute atomic E-state index is 0.0970. The van der Waals surface area contributed by atoms with Crippen LogP contribution in [0.15, 0.2) is 6.20 Å². The van der Waals surface area contributed by atoms with Crippen LogP contribution in [-0.4, -0.2) is 40.5 Å². The molecule has 0 fully saturated rings. The number of aromatic nitrogens is 3. The van der Waals surface area contributed by atoms with Gasteiger partial charge in [-0.2, -0.15) is 0 Å². The average molecular weight is 210 g/mol. The molecule has 0 radical (unpaired) electrons. The van der Waals surface area contributed by atoms with Crippen LogP contribution < -0.4 is 0 Å². The van der Waals surface area contributed by atoms with Crippen molar-refractivity contribution in [3.05, 3.63) is 11.9 Å². The summed E-state index contributed by atoms with van der Waals surface area (Å²) >= 11 is 0. The molecule has 0 unspecified atom stereocenters.